The quantitative estimate of drug-likeness (QED) is 0.540. The lowest BCUT2D eigenvalue weighted by Gasteiger charge is -2.15. The molecule has 0 aliphatic rings. The number of hydrogen-bond acceptors (Lipinski definition) is 2. The standard InChI is InChI=1S/C13H22N2O.C2H6/c1-9(2)12(6)14-7-11(5)8-15-13(16)10(3)4;1-2/h11,14H,1,3,6-8H2,2,4-5H3,(H,15,16);1-2H3. The first-order valence-electron chi connectivity index (χ1n) is 6.37. The zero-order valence-electron chi connectivity index (χ0n) is 12.5. The lowest BCUT2D eigenvalue weighted by Crippen LogP contribution is -2.33. The van der Waals surface area contributed by atoms with Crippen LogP contribution in [0.2, 0.25) is 0 Å². The van der Waals surface area contributed by atoms with Crippen LogP contribution in [-0.2, 0) is 4.79 Å². The second kappa shape index (κ2) is 10.6. The van der Waals surface area contributed by atoms with E-state index in [1.54, 1.807) is 6.92 Å². The second-order valence-corrected chi connectivity index (χ2v) is 4.24. The van der Waals surface area contributed by atoms with Crippen LogP contribution in [0.1, 0.15) is 34.6 Å². The Kier molecular flexibility index (Phi) is 11.1. The first-order valence-corrected chi connectivity index (χ1v) is 6.37. The third-order valence-electron chi connectivity index (χ3n) is 2.18. The van der Waals surface area contributed by atoms with E-state index in [0.29, 0.717) is 18.0 Å². The highest BCUT2D eigenvalue weighted by molar-refractivity contribution is 5.92. The molecule has 0 spiro atoms. The van der Waals surface area contributed by atoms with Crippen LogP contribution in [0.4, 0.5) is 0 Å². The van der Waals surface area contributed by atoms with Gasteiger partial charge in [-0.25, -0.2) is 0 Å². The van der Waals surface area contributed by atoms with Crippen molar-refractivity contribution in [2.45, 2.75) is 34.6 Å². The van der Waals surface area contributed by atoms with Crippen molar-refractivity contribution in [1.82, 2.24) is 10.6 Å². The van der Waals surface area contributed by atoms with E-state index in [4.69, 9.17) is 0 Å². The van der Waals surface area contributed by atoms with Gasteiger partial charge in [-0.3, -0.25) is 4.79 Å². The van der Waals surface area contributed by atoms with E-state index in [-0.39, 0.29) is 5.91 Å². The van der Waals surface area contributed by atoms with Gasteiger partial charge in [0, 0.05) is 24.4 Å². The van der Waals surface area contributed by atoms with Crippen molar-refractivity contribution in [3.63, 3.8) is 0 Å². The highest BCUT2D eigenvalue weighted by Gasteiger charge is 2.06. The molecule has 0 fully saturated rings. The average Bonchev–Trinajstić information content (AvgIpc) is 2.34. The lowest BCUT2D eigenvalue weighted by molar-refractivity contribution is -0.117. The van der Waals surface area contributed by atoms with Crippen LogP contribution in [0.15, 0.2) is 36.6 Å². The maximum absolute atomic E-state index is 11.2. The van der Waals surface area contributed by atoms with Gasteiger partial charge in [0.15, 0.2) is 0 Å². The fourth-order valence-corrected chi connectivity index (χ4v) is 0.938. The topological polar surface area (TPSA) is 41.1 Å². The number of hydrogen-bond donors (Lipinski definition) is 2. The third kappa shape index (κ3) is 9.70. The summed E-state index contributed by atoms with van der Waals surface area (Å²) in [6.07, 6.45) is 0. The molecule has 0 aliphatic heterocycles. The molecule has 18 heavy (non-hydrogen) atoms. The summed E-state index contributed by atoms with van der Waals surface area (Å²) in [6.45, 7) is 22.2. The zero-order valence-corrected chi connectivity index (χ0v) is 12.5. The molecule has 0 saturated heterocycles. The highest BCUT2D eigenvalue weighted by atomic mass is 16.1. The molecule has 1 atom stereocenters. The van der Waals surface area contributed by atoms with Crippen molar-refractivity contribution < 1.29 is 4.79 Å². The van der Waals surface area contributed by atoms with Gasteiger partial charge in [-0.05, 0) is 25.3 Å². The third-order valence-corrected chi connectivity index (χ3v) is 2.18. The van der Waals surface area contributed by atoms with Crippen LogP contribution in [0.25, 0.3) is 0 Å². The molecule has 3 nitrogen and oxygen atoms in total. The average molecular weight is 252 g/mol. The van der Waals surface area contributed by atoms with Crippen LogP contribution >= 0.6 is 0 Å². The molecule has 0 saturated carbocycles. The number of carbonyl (C=O) groups is 1. The molecule has 1 amide bonds. The van der Waals surface area contributed by atoms with Gasteiger partial charge in [-0.2, -0.15) is 0 Å². The molecule has 2 N–H and O–H groups in total. The Morgan fingerprint density at radius 3 is 1.83 bits per heavy atom. The van der Waals surface area contributed by atoms with E-state index >= 15 is 0 Å². The zero-order chi connectivity index (χ0) is 14.7. The highest BCUT2D eigenvalue weighted by Crippen LogP contribution is 2.00. The molecule has 0 heterocycles. The van der Waals surface area contributed by atoms with Crippen molar-refractivity contribution in [3.8, 4) is 0 Å². The van der Waals surface area contributed by atoms with Crippen molar-refractivity contribution in [3.05, 3.63) is 36.6 Å². The van der Waals surface area contributed by atoms with Crippen LogP contribution < -0.4 is 10.6 Å². The van der Waals surface area contributed by atoms with Crippen molar-refractivity contribution in [1.29, 1.82) is 0 Å². The number of rotatable bonds is 7. The molecule has 0 rings (SSSR count). The van der Waals surface area contributed by atoms with E-state index in [9.17, 15) is 4.79 Å². The SMILES string of the molecule is C=C(C)C(=C)NCC(C)CNC(=O)C(=C)C.CC. The van der Waals surface area contributed by atoms with Crippen molar-refractivity contribution in [2.24, 2.45) is 5.92 Å². The first-order chi connectivity index (χ1) is 8.34. The second-order valence-electron chi connectivity index (χ2n) is 4.24. The molecule has 0 bridgehead atoms. The van der Waals surface area contributed by atoms with E-state index in [1.807, 2.05) is 20.8 Å². The summed E-state index contributed by atoms with van der Waals surface area (Å²) in [5.41, 5.74) is 2.31. The molecule has 0 aromatic carbocycles. The Bertz CT molecular complexity index is 276. The van der Waals surface area contributed by atoms with Gasteiger partial charge in [0.1, 0.15) is 0 Å². The monoisotopic (exact) mass is 252 g/mol. The molecule has 0 aromatic heterocycles. The lowest BCUT2D eigenvalue weighted by atomic mass is 10.1. The smallest absolute Gasteiger partial charge is 0.246 e. The van der Waals surface area contributed by atoms with Gasteiger partial charge < -0.3 is 10.6 Å². The van der Waals surface area contributed by atoms with Gasteiger partial charge in [-0.15, -0.1) is 0 Å². The summed E-state index contributed by atoms with van der Waals surface area (Å²) in [5, 5.41) is 5.97. The number of amides is 1. The van der Waals surface area contributed by atoms with E-state index in [2.05, 4.69) is 37.3 Å². The molecule has 104 valence electrons. The fraction of sp³-hybridized carbons (Fsp3) is 0.533. The summed E-state index contributed by atoms with van der Waals surface area (Å²) < 4.78 is 0. The molecule has 0 aliphatic carbocycles. The Balaban J connectivity index is 0. The normalized spacial score (nSPS) is 10.5. The van der Waals surface area contributed by atoms with Crippen LogP contribution in [0, 0.1) is 5.92 Å². The Hall–Kier alpha value is -1.51. The summed E-state index contributed by atoms with van der Waals surface area (Å²) in [4.78, 5) is 11.2. The van der Waals surface area contributed by atoms with Crippen LogP contribution in [-0.4, -0.2) is 19.0 Å². The van der Waals surface area contributed by atoms with Crippen LogP contribution in [0.3, 0.4) is 0 Å². The maximum Gasteiger partial charge on any atom is 0.246 e. The van der Waals surface area contributed by atoms with E-state index in [0.717, 1.165) is 17.8 Å². The minimum absolute atomic E-state index is 0.0921. The Labute approximate surface area is 112 Å². The molecule has 0 radical (unpaired) electrons. The molecule has 1 unspecified atom stereocenters. The van der Waals surface area contributed by atoms with E-state index < -0.39 is 0 Å². The molecule has 3 heteroatoms. The van der Waals surface area contributed by atoms with Crippen LogP contribution in [0.5, 0.6) is 0 Å². The molecular weight excluding hydrogens is 224 g/mol. The molecule has 0 aromatic rings. The van der Waals surface area contributed by atoms with Gasteiger partial charge >= 0.3 is 0 Å². The Morgan fingerprint density at radius 2 is 1.44 bits per heavy atom. The summed E-state index contributed by atoms with van der Waals surface area (Å²) in [7, 11) is 0. The summed E-state index contributed by atoms with van der Waals surface area (Å²) in [6, 6.07) is 0. The number of nitrogens with one attached hydrogen (secondary N) is 2. The Morgan fingerprint density at radius 1 is 1.00 bits per heavy atom. The van der Waals surface area contributed by atoms with Gasteiger partial charge in [0.25, 0.3) is 0 Å². The molecular formula is C15H28N2O. The van der Waals surface area contributed by atoms with Crippen molar-refractivity contribution >= 4 is 5.91 Å². The van der Waals surface area contributed by atoms with Gasteiger partial charge in [0.05, 0.1) is 0 Å². The largest absolute Gasteiger partial charge is 0.385 e. The number of carbonyl (C=O) groups excluding carboxylic acids is 1. The van der Waals surface area contributed by atoms with Gasteiger partial charge in [-0.1, -0.05) is 40.5 Å². The van der Waals surface area contributed by atoms with E-state index in [1.165, 1.54) is 0 Å². The van der Waals surface area contributed by atoms with Gasteiger partial charge in [0.2, 0.25) is 5.91 Å². The first kappa shape index (κ1) is 18.8. The minimum Gasteiger partial charge on any atom is -0.385 e. The summed E-state index contributed by atoms with van der Waals surface area (Å²) in [5.74, 6) is 0.241. The maximum atomic E-state index is 11.2. The fourth-order valence-electron chi connectivity index (χ4n) is 0.938. The predicted molar refractivity (Wildman–Crippen MR) is 80.3 cm³/mol. The summed E-state index contributed by atoms with van der Waals surface area (Å²) >= 11 is 0. The minimum atomic E-state index is -0.0921. The predicted octanol–water partition coefficient (Wildman–Crippen LogP) is 3.02. The van der Waals surface area contributed by atoms with Crippen molar-refractivity contribution in [2.75, 3.05) is 13.1 Å². The number of allylic oxidation sites excluding steroid dienone is 1.